The van der Waals surface area contributed by atoms with E-state index < -0.39 is 18.1 Å². The highest BCUT2D eigenvalue weighted by Gasteiger charge is 2.27. The van der Waals surface area contributed by atoms with Crippen LogP contribution >= 0.6 is 0 Å². The summed E-state index contributed by atoms with van der Waals surface area (Å²) in [6, 6.07) is 0. The molecule has 1 rings (SSSR count). The number of rotatable bonds is 0. The number of amides is 1. The molecule has 1 fully saturated rings. The van der Waals surface area contributed by atoms with E-state index in [9.17, 15) is 9.18 Å². The van der Waals surface area contributed by atoms with Gasteiger partial charge in [0, 0.05) is 6.54 Å². The van der Waals surface area contributed by atoms with Crippen LogP contribution in [-0.4, -0.2) is 42.6 Å². The summed E-state index contributed by atoms with van der Waals surface area (Å²) in [5, 5.41) is 0. The van der Waals surface area contributed by atoms with E-state index in [0.717, 1.165) is 0 Å². The molecule has 1 aliphatic rings. The van der Waals surface area contributed by atoms with Crippen LogP contribution in [0.15, 0.2) is 0 Å². The van der Waals surface area contributed by atoms with E-state index in [4.69, 9.17) is 4.74 Å². The molecule has 1 amide bonds. The van der Waals surface area contributed by atoms with Crippen molar-refractivity contribution in [1.29, 1.82) is 0 Å². The zero-order valence-electron chi connectivity index (χ0n) is 8.75. The molecule has 0 radical (unpaired) electrons. The molecule has 1 atom stereocenters. The normalized spacial score (nSPS) is 23.4. The molecule has 1 heterocycles. The van der Waals surface area contributed by atoms with Crippen LogP contribution < -0.4 is 0 Å². The largest absolute Gasteiger partial charge is 0.444 e. The molecule has 0 N–H and O–H groups in total. The quantitative estimate of drug-likeness (QED) is 0.602. The maximum Gasteiger partial charge on any atom is 0.410 e. The van der Waals surface area contributed by atoms with Crippen LogP contribution in [0.2, 0.25) is 0 Å². The van der Waals surface area contributed by atoms with E-state index >= 15 is 0 Å². The smallest absolute Gasteiger partial charge is 0.410 e. The van der Waals surface area contributed by atoms with Crippen molar-refractivity contribution in [3.63, 3.8) is 0 Å². The predicted molar refractivity (Wildman–Crippen MR) is 48.7 cm³/mol. The standard InChI is InChI=1S/C9H16FNO3/c1-9(2,3)14-8(12)11-4-5-13-7(10)6-11/h7H,4-6H2,1-3H3. The first-order valence-electron chi connectivity index (χ1n) is 4.62. The molecule has 1 aliphatic heterocycles. The Balaban J connectivity index is 2.44. The number of morpholine rings is 1. The van der Waals surface area contributed by atoms with Gasteiger partial charge in [-0.3, -0.25) is 0 Å². The Morgan fingerprint density at radius 3 is 2.71 bits per heavy atom. The van der Waals surface area contributed by atoms with Crippen LogP contribution in [0.5, 0.6) is 0 Å². The third-order valence-electron chi connectivity index (χ3n) is 1.68. The van der Waals surface area contributed by atoms with Gasteiger partial charge in [0.2, 0.25) is 6.36 Å². The van der Waals surface area contributed by atoms with Crippen LogP contribution in [-0.2, 0) is 9.47 Å². The molecule has 5 heteroatoms. The Morgan fingerprint density at radius 2 is 2.21 bits per heavy atom. The lowest BCUT2D eigenvalue weighted by atomic mass is 10.2. The summed E-state index contributed by atoms with van der Waals surface area (Å²) >= 11 is 0. The molecule has 0 spiro atoms. The third kappa shape index (κ3) is 3.49. The number of hydrogen-bond donors (Lipinski definition) is 0. The SMILES string of the molecule is CC(C)(C)OC(=O)N1CCOC(F)C1. The van der Waals surface area contributed by atoms with Crippen LogP contribution in [0.25, 0.3) is 0 Å². The number of carbonyl (C=O) groups is 1. The van der Waals surface area contributed by atoms with Crippen molar-refractivity contribution in [2.45, 2.75) is 32.7 Å². The summed E-state index contributed by atoms with van der Waals surface area (Å²) in [6.45, 7) is 5.89. The fourth-order valence-corrected chi connectivity index (χ4v) is 1.10. The Hall–Kier alpha value is -0.840. The second-order valence-corrected chi connectivity index (χ2v) is 4.21. The summed E-state index contributed by atoms with van der Waals surface area (Å²) in [7, 11) is 0. The van der Waals surface area contributed by atoms with E-state index in [-0.39, 0.29) is 13.2 Å². The Morgan fingerprint density at radius 1 is 1.57 bits per heavy atom. The minimum atomic E-state index is -1.39. The zero-order chi connectivity index (χ0) is 10.8. The molecule has 0 aromatic heterocycles. The summed E-state index contributed by atoms with van der Waals surface area (Å²) in [5.74, 6) is 0. The molecular weight excluding hydrogens is 189 g/mol. The number of carbonyl (C=O) groups excluding carboxylic acids is 1. The molecule has 0 aliphatic carbocycles. The lowest BCUT2D eigenvalue weighted by Gasteiger charge is -2.31. The summed E-state index contributed by atoms with van der Waals surface area (Å²) in [5.41, 5.74) is -0.540. The minimum Gasteiger partial charge on any atom is -0.444 e. The van der Waals surface area contributed by atoms with Gasteiger partial charge in [0.15, 0.2) is 0 Å². The van der Waals surface area contributed by atoms with Crippen molar-refractivity contribution in [2.75, 3.05) is 19.7 Å². The van der Waals surface area contributed by atoms with Crippen molar-refractivity contribution in [3.05, 3.63) is 0 Å². The second-order valence-electron chi connectivity index (χ2n) is 4.21. The van der Waals surface area contributed by atoms with Gasteiger partial charge in [0.05, 0.1) is 13.2 Å². The highest BCUT2D eigenvalue weighted by Crippen LogP contribution is 2.13. The lowest BCUT2D eigenvalue weighted by Crippen LogP contribution is -2.46. The van der Waals surface area contributed by atoms with Gasteiger partial charge in [-0.1, -0.05) is 0 Å². The maximum absolute atomic E-state index is 12.8. The average Bonchev–Trinajstić information content (AvgIpc) is 2.01. The van der Waals surface area contributed by atoms with Gasteiger partial charge in [-0.25, -0.2) is 9.18 Å². The molecule has 0 saturated carbocycles. The van der Waals surface area contributed by atoms with Crippen molar-refractivity contribution in [1.82, 2.24) is 4.90 Å². The van der Waals surface area contributed by atoms with Crippen LogP contribution in [0.1, 0.15) is 20.8 Å². The Bertz CT molecular complexity index is 215. The van der Waals surface area contributed by atoms with E-state index in [1.165, 1.54) is 4.90 Å². The number of ether oxygens (including phenoxy) is 2. The van der Waals surface area contributed by atoms with Gasteiger partial charge in [-0.15, -0.1) is 0 Å². The Kier molecular flexibility index (Phi) is 3.31. The first kappa shape index (κ1) is 11.2. The first-order chi connectivity index (χ1) is 6.38. The average molecular weight is 205 g/mol. The zero-order valence-corrected chi connectivity index (χ0v) is 8.75. The number of nitrogens with zero attached hydrogens (tertiary/aromatic N) is 1. The molecule has 1 saturated heterocycles. The third-order valence-corrected chi connectivity index (χ3v) is 1.68. The summed E-state index contributed by atoms with van der Waals surface area (Å²) in [6.07, 6.45) is -1.88. The highest BCUT2D eigenvalue weighted by molar-refractivity contribution is 5.68. The van der Waals surface area contributed by atoms with Gasteiger partial charge in [-0.2, -0.15) is 0 Å². The molecule has 14 heavy (non-hydrogen) atoms. The van der Waals surface area contributed by atoms with Gasteiger partial charge in [0.1, 0.15) is 5.60 Å². The molecule has 0 bridgehead atoms. The molecule has 0 aromatic carbocycles. The van der Waals surface area contributed by atoms with Gasteiger partial charge in [-0.05, 0) is 20.8 Å². The second kappa shape index (κ2) is 4.13. The summed E-state index contributed by atoms with van der Waals surface area (Å²) < 4.78 is 22.5. The molecule has 4 nitrogen and oxygen atoms in total. The van der Waals surface area contributed by atoms with Crippen molar-refractivity contribution < 1.29 is 18.7 Å². The number of hydrogen-bond acceptors (Lipinski definition) is 3. The van der Waals surface area contributed by atoms with Gasteiger partial charge in [0.25, 0.3) is 0 Å². The fourth-order valence-electron chi connectivity index (χ4n) is 1.10. The first-order valence-corrected chi connectivity index (χ1v) is 4.62. The molecule has 0 aromatic rings. The number of alkyl halides is 1. The van der Waals surface area contributed by atoms with Crippen LogP contribution in [0, 0.1) is 0 Å². The molecule has 82 valence electrons. The topological polar surface area (TPSA) is 38.8 Å². The fraction of sp³-hybridized carbons (Fsp3) is 0.889. The highest BCUT2D eigenvalue weighted by atomic mass is 19.1. The van der Waals surface area contributed by atoms with E-state index in [0.29, 0.717) is 6.54 Å². The van der Waals surface area contributed by atoms with Gasteiger partial charge < -0.3 is 14.4 Å². The van der Waals surface area contributed by atoms with Crippen LogP contribution in [0.4, 0.5) is 9.18 Å². The van der Waals surface area contributed by atoms with Gasteiger partial charge >= 0.3 is 6.09 Å². The minimum absolute atomic E-state index is 0.0467. The molecular formula is C9H16FNO3. The lowest BCUT2D eigenvalue weighted by molar-refractivity contribution is -0.0984. The predicted octanol–water partition coefficient (Wildman–Crippen LogP) is 1.55. The van der Waals surface area contributed by atoms with Crippen molar-refractivity contribution >= 4 is 6.09 Å². The van der Waals surface area contributed by atoms with E-state index in [1.54, 1.807) is 20.8 Å². The van der Waals surface area contributed by atoms with Crippen molar-refractivity contribution in [2.24, 2.45) is 0 Å². The maximum atomic E-state index is 12.8. The molecule has 1 unspecified atom stereocenters. The van der Waals surface area contributed by atoms with E-state index in [2.05, 4.69) is 4.74 Å². The monoisotopic (exact) mass is 205 g/mol. The Labute approximate surface area is 83.0 Å². The van der Waals surface area contributed by atoms with E-state index in [1.807, 2.05) is 0 Å². The summed E-state index contributed by atoms with van der Waals surface area (Å²) in [4.78, 5) is 12.8. The van der Waals surface area contributed by atoms with Crippen LogP contribution in [0.3, 0.4) is 0 Å². The number of halogens is 1. The van der Waals surface area contributed by atoms with Crippen molar-refractivity contribution in [3.8, 4) is 0 Å².